The van der Waals surface area contributed by atoms with Crippen LogP contribution in [0, 0.1) is 11.3 Å². The van der Waals surface area contributed by atoms with Gasteiger partial charge in [0.25, 0.3) is 0 Å². The van der Waals surface area contributed by atoms with E-state index in [1.807, 2.05) is 24.5 Å². The van der Waals surface area contributed by atoms with Crippen LogP contribution >= 0.6 is 11.8 Å². The summed E-state index contributed by atoms with van der Waals surface area (Å²) in [6.07, 6.45) is 1.98. The highest BCUT2D eigenvalue weighted by molar-refractivity contribution is 7.98. The molecule has 2 N–H and O–H groups in total. The number of nitrogens with one attached hydrogen (secondary N) is 2. The van der Waals surface area contributed by atoms with Crippen LogP contribution in [0.1, 0.15) is 12.5 Å². The lowest BCUT2D eigenvalue weighted by Crippen LogP contribution is -2.21. The number of hydrogen-bond donors (Lipinski definition) is 2. The zero-order chi connectivity index (χ0) is 11.8. The van der Waals surface area contributed by atoms with Crippen LogP contribution in [0.4, 0.5) is 5.69 Å². The van der Waals surface area contributed by atoms with Crippen molar-refractivity contribution < 1.29 is 0 Å². The number of thioether (sulfide) groups is 1. The Kier molecular flexibility index (Phi) is 5.76. The Morgan fingerprint density at radius 1 is 1.38 bits per heavy atom. The molecule has 0 fully saturated rings. The molecule has 0 atom stereocenters. The average Bonchev–Trinajstić information content (AvgIpc) is 2.34. The van der Waals surface area contributed by atoms with E-state index < -0.39 is 0 Å². The van der Waals surface area contributed by atoms with Crippen molar-refractivity contribution in [3.05, 3.63) is 23.8 Å². The van der Waals surface area contributed by atoms with Gasteiger partial charge in [-0.2, -0.15) is 5.26 Å². The molecule has 0 saturated carbocycles. The fourth-order valence-electron chi connectivity index (χ4n) is 1.43. The van der Waals surface area contributed by atoms with Gasteiger partial charge in [-0.05, 0) is 24.9 Å². The SMILES string of the molecule is CCNCCNc1cccc(SC)c1C#N. The van der Waals surface area contributed by atoms with Crippen LogP contribution < -0.4 is 10.6 Å². The van der Waals surface area contributed by atoms with Crippen LogP contribution in [-0.4, -0.2) is 25.9 Å². The van der Waals surface area contributed by atoms with Gasteiger partial charge < -0.3 is 10.6 Å². The normalized spacial score (nSPS) is 9.81. The molecule has 1 rings (SSSR count). The van der Waals surface area contributed by atoms with Gasteiger partial charge in [-0.25, -0.2) is 0 Å². The van der Waals surface area contributed by atoms with E-state index in [1.165, 1.54) is 0 Å². The highest BCUT2D eigenvalue weighted by Crippen LogP contribution is 2.25. The minimum absolute atomic E-state index is 0.742. The second kappa shape index (κ2) is 7.15. The van der Waals surface area contributed by atoms with E-state index >= 15 is 0 Å². The summed E-state index contributed by atoms with van der Waals surface area (Å²) in [5.41, 5.74) is 1.67. The minimum Gasteiger partial charge on any atom is -0.383 e. The topological polar surface area (TPSA) is 47.8 Å². The Morgan fingerprint density at radius 2 is 2.19 bits per heavy atom. The van der Waals surface area contributed by atoms with Crippen molar-refractivity contribution in [3.63, 3.8) is 0 Å². The number of anilines is 1. The molecule has 0 spiro atoms. The van der Waals surface area contributed by atoms with Crippen molar-refractivity contribution in [2.45, 2.75) is 11.8 Å². The summed E-state index contributed by atoms with van der Waals surface area (Å²) in [7, 11) is 0. The zero-order valence-corrected chi connectivity index (χ0v) is 10.5. The quantitative estimate of drug-likeness (QED) is 0.587. The van der Waals surface area contributed by atoms with Crippen LogP contribution in [0.3, 0.4) is 0 Å². The van der Waals surface area contributed by atoms with Gasteiger partial charge in [-0.15, -0.1) is 11.8 Å². The van der Waals surface area contributed by atoms with Crippen LogP contribution in [0.25, 0.3) is 0 Å². The van der Waals surface area contributed by atoms with E-state index in [-0.39, 0.29) is 0 Å². The van der Waals surface area contributed by atoms with Gasteiger partial charge in [0.1, 0.15) is 6.07 Å². The van der Waals surface area contributed by atoms with Gasteiger partial charge in [0.15, 0.2) is 0 Å². The Morgan fingerprint density at radius 3 is 2.81 bits per heavy atom. The van der Waals surface area contributed by atoms with Crippen molar-refractivity contribution in [3.8, 4) is 6.07 Å². The van der Waals surface area contributed by atoms with Crippen LogP contribution in [0.15, 0.2) is 23.1 Å². The van der Waals surface area contributed by atoms with Crippen LogP contribution in [0.2, 0.25) is 0 Å². The second-order valence-electron chi connectivity index (χ2n) is 3.27. The van der Waals surface area contributed by atoms with Gasteiger partial charge in [0.05, 0.1) is 11.3 Å². The Bertz CT molecular complexity index is 371. The minimum atomic E-state index is 0.742. The first kappa shape index (κ1) is 12.9. The maximum Gasteiger partial charge on any atom is 0.102 e. The van der Waals surface area contributed by atoms with Crippen molar-refractivity contribution in [1.82, 2.24) is 5.32 Å². The first-order chi connectivity index (χ1) is 7.83. The first-order valence-corrected chi connectivity index (χ1v) is 6.57. The molecule has 0 amide bonds. The predicted octanol–water partition coefficient (Wildman–Crippen LogP) is 2.30. The summed E-state index contributed by atoms with van der Waals surface area (Å²) < 4.78 is 0. The van der Waals surface area contributed by atoms with E-state index in [9.17, 15) is 0 Å². The maximum atomic E-state index is 9.11. The van der Waals surface area contributed by atoms with E-state index in [2.05, 4.69) is 23.6 Å². The highest BCUT2D eigenvalue weighted by atomic mass is 32.2. The highest BCUT2D eigenvalue weighted by Gasteiger charge is 2.05. The monoisotopic (exact) mass is 235 g/mol. The molecule has 1 aromatic rings. The molecule has 0 aliphatic heterocycles. The number of nitriles is 1. The smallest absolute Gasteiger partial charge is 0.102 e. The lowest BCUT2D eigenvalue weighted by molar-refractivity contribution is 0.739. The number of likely N-dealkylation sites (N-methyl/N-ethyl adjacent to an activating group) is 1. The molecule has 0 aromatic heterocycles. The predicted molar refractivity (Wildman–Crippen MR) is 70.0 cm³/mol. The van der Waals surface area contributed by atoms with E-state index in [1.54, 1.807) is 11.8 Å². The van der Waals surface area contributed by atoms with Crippen molar-refractivity contribution in [2.75, 3.05) is 31.2 Å². The van der Waals surface area contributed by atoms with Crippen LogP contribution in [0.5, 0.6) is 0 Å². The molecule has 0 bridgehead atoms. The van der Waals surface area contributed by atoms with Crippen molar-refractivity contribution in [1.29, 1.82) is 5.26 Å². The van der Waals surface area contributed by atoms with Crippen molar-refractivity contribution >= 4 is 17.4 Å². The summed E-state index contributed by atoms with van der Waals surface area (Å²) in [6, 6.07) is 8.15. The van der Waals surface area contributed by atoms with Crippen LogP contribution in [-0.2, 0) is 0 Å². The van der Waals surface area contributed by atoms with Gasteiger partial charge in [-0.1, -0.05) is 13.0 Å². The summed E-state index contributed by atoms with van der Waals surface area (Å²) >= 11 is 1.60. The standard InChI is InChI=1S/C12H17N3S/c1-3-14-7-8-15-11-5-4-6-12(16-2)10(11)9-13/h4-6,14-15H,3,7-8H2,1-2H3. The molecule has 1 aromatic carbocycles. The molecule has 86 valence electrons. The fraction of sp³-hybridized carbons (Fsp3) is 0.417. The van der Waals surface area contributed by atoms with Gasteiger partial charge in [0.2, 0.25) is 0 Å². The number of hydrogen-bond acceptors (Lipinski definition) is 4. The molecule has 16 heavy (non-hydrogen) atoms. The Hall–Kier alpha value is -1.18. The number of rotatable bonds is 6. The molecular weight excluding hydrogens is 218 g/mol. The molecular formula is C12H17N3S. The van der Waals surface area contributed by atoms with Gasteiger partial charge in [-0.3, -0.25) is 0 Å². The van der Waals surface area contributed by atoms with Gasteiger partial charge in [0, 0.05) is 18.0 Å². The fourth-order valence-corrected chi connectivity index (χ4v) is 2.00. The summed E-state index contributed by atoms with van der Waals surface area (Å²) in [5, 5.41) is 15.6. The third kappa shape index (κ3) is 3.44. The molecule has 0 saturated heterocycles. The average molecular weight is 235 g/mol. The molecule has 0 aliphatic carbocycles. The Labute approximate surface area is 101 Å². The summed E-state index contributed by atoms with van der Waals surface area (Å²) in [6.45, 7) is 4.79. The lowest BCUT2D eigenvalue weighted by atomic mass is 10.2. The molecule has 0 heterocycles. The van der Waals surface area contributed by atoms with E-state index in [0.29, 0.717) is 0 Å². The van der Waals surface area contributed by atoms with E-state index in [0.717, 1.165) is 35.8 Å². The van der Waals surface area contributed by atoms with Crippen molar-refractivity contribution in [2.24, 2.45) is 0 Å². The lowest BCUT2D eigenvalue weighted by Gasteiger charge is -2.10. The number of benzene rings is 1. The third-order valence-corrected chi connectivity index (χ3v) is 3.01. The zero-order valence-electron chi connectivity index (χ0n) is 9.71. The molecule has 0 aliphatic rings. The van der Waals surface area contributed by atoms with Gasteiger partial charge >= 0.3 is 0 Å². The second-order valence-corrected chi connectivity index (χ2v) is 4.12. The maximum absolute atomic E-state index is 9.11. The first-order valence-electron chi connectivity index (χ1n) is 5.35. The third-order valence-electron chi connectivity index (χ3n) is 2.23. The molecule has 0 radical (unpaired) electrons. The van der Waals surface area contributed by atoms with E-state index in [4.69, 9.17) is 5.26 Å². The summed E-state index contributed by atoms with van der Waals surface area (Å²) in [5.74, 6) is 0. The molecule has 4 heteroatoms. The summed E-state index contributed by atoms with van der Waals surface area (Å²) in [4.78, 5) is 1.02. The largest absolute Gasteiger partial charge is 0.383 e. The number of nitrogens with zero attached hydrogens (tertiary/aromatic N) is 1. The molecule has 0 unspecified atom stereocenters. The Balaban J connectivity index is 2.68. The molecule has 3 nitrogen and oxygen atoms in total.